The Morgan fingerprint density at radius 2 is 2.10 bits per heavy atom. The standard InChI is InChI=1S/C19H17F2N3O5/c20-11-2-1-10(14(21)5-11)6-22-18(27)13-8-24-12-7-23(3-4-29-9-12)19(28)15(24)17(26)16(13)25/h1-2,5,8,12,26H,3-4,6-7,9H2,(H,22,27). The van der Waals surface area contributed by atoms with Crippen LogP contribution in [0.3, 0.4) is 0 Å². The third-order valence-corrected chi connectivity index (χ3v) is 5.04. The number of hydrogen-bond donors (Lipinski definition) is 2. The molecule has 2 amide bonds. The number of ether oxygens (including phenoxy) is 1. The normalized spacial score (nSPS) is 18.2. The monoisotopic (exact) mass is 405 g/mol. The molecule has 10 heteroatoms. The van der Waals surface area contributed by atoms with Gasteiger partial charge in [0, 0.05) is 37.5 Å². The summed E-state index contributed by atoms with van der Waals surface area (Å²) in [6.45, 7) is 0.968. The summed E-state index contributed by atoms with van der Waals surface area (Å²) in [6, 6.07) is 2.55. The van der Waals surface area contributed by atoms with Gasteiger partial charge in [0.15, 0.2) is 11.4 Å². The lowest BCUT2D eigenvalue weighted by atomic mass is 10.1. The van der Waals surface area contributed by atoms with Crippen molar-refractivity contribution in [2.24, 2.45) is 0 Å². The van der Waals surface area contributed by atoms with E-state index in [0.29, 0.717) is 25.8 Å². The summed E-state index contributed by atoms with van der Waals surface area (Å²) in [6.07, 6.45) is 1.21. The molecule has 152 valence electrons. The minimum atomic E-state index is -0.998. The summed E-state index contributed by atoms with van der Waals surface area (Å²) in [5.74, 6) is -3.76. The molecule has 2 aliphatic heterocycles. The van der Waals surface area contributed by atoms with Crippen molar-refractivity contribution in [2.45, 2.75) is 12.6 Å². The third kappa shape index (κ3) is 3.35. The number of fused-ring (bicyclic) bond motifs is 4. The molecule has 1 aromatic heterocycles. The van der Waals surface area contributed by atoms with Crippen LogP contribution in [0, 0.1) is 11.6 Å². The van der Waals surface area contributed by atoms with E-state index < -0.39 is 34.6 Å². The lowest BCUT2D eigenvalue weighted by Crippen LogP contribution is -2.45. The molecular weight excluding hydrogens is 388 g/mol. The Labute approximate surface area is 163 Å². The van der Waals surface area contributed by atoms with E-state index in [4.69, 9.17) is 4.74 Å². The van der Waals surface area contributed by atoms with Crippen LogP contribution in [-0.2, 0) is 11.3 Å². The van der Waals surface area contributed by atoms with Gasteiger partial charge in [0.25, 0.3) is 11.8 Å². The number of nitrogens with one attached hydrogen (secondary N) is 1. The summed E-state index contributed by atoms with van der Waals surface area (Å²) in [7, 11) is 0. The van der Waals surface area contributed by atoms with Gasteiger partial charge in [-0.1, -0.05) is 6.07 Å². The fourth-order valence-corrected chi connectivity index (χ4v) is 3.51. The Bertz CT molecular complexity index is 1070. The zero-order valence-electron chi connectivity index (χ0n) is 15.2. The lowest BCUT2D eigenvalue weighted by Gasteiger charge is -2.33. The van der Waals surface area contributed by atoms with Gasteiger partial charge in [-0.05, 0) is 6.07 Å². The number of benzene rings is 1. The van der Waals surface area contributed by atoms with Crippen molar-refractivity contribution in [2.75, 3.05) is 26.3 Å². The smallest absolute Gasteiger partial charge is 0.274 e. The van der Waals surface area contributed by atoms with Crippen LogP contribution in [-0.4, -0.2) is 52.7 Å². The summed E-state index contributed by atoms with van der Waals surface area (Å²) < 4.78 is 33.6. The Hall–Kier alpha value is -3.27. The van der Waals surface area contributed by atoms with Gasteiger partial charge in [-0.3, -0.25) is 14.4 Å². The van der Waals surface area contributed by atoms with Crippen LogP contribution < -0.4 is 10.7 Å². The maximum Gasteiger partial charge on any atom is 0.274 e. The number of halogens is 2. The Balaban J connectivity index is 1.66. The van der Waals surface area contributed by atoms with Gasteiger partial charge in [0.2, 0.25) is 5.43 Å². The Morgan fingerprint density at radius 3 is 2.86 bits per heavy atom. The largest absolute Gasteiger partial charge is 0.503 e. The lowest BCUT2D eigenvalue weighted by molar-refractivity contribution is 0.0685. The number of nitrogens with zero attached hydrogens (tertiary/aromatic N) is 2. The van der Waals surface area contributed by atoms with Crippen LogP contribution in [0.2, 0.25) is 0 Å². The number of rotatable bonds is 3. The van der Waals surface area contributed by atoms with E-state index in [-0.39, 0.29) is 36.0 Å². The Kier molecular flexibility index (Phi) is 4.79. The predicted octanol–water partition coefficient (Wildman–Crippen LogP) is 0.789. The SMILES string of the molecule is O=C(NCc1ccc(F)cc1F)c1cn2c(c(O)c1=O)C(=O)N1CCOCC2C1. The minimum Gasteiger partial charge on any atom is -0.503 e. The van der Waals surface area contributed by atoms with Crippen molar-refractivity contribution in [1.29, 1.82) is 0 Å². The van der Waals surface area contributed by atoms with Crippen LogP contribution in [0.25, 0.3) is 0 Å². The molecule has 0 aliphatic carbocycles. The third-order valence-electron chi connectivity index (χ3n) is 5.04. The molecule has 1 unspecified atom stereocenters. The second kappa shape index (κ2) is 7.28. The molecule has 1 aromatic carbocycles. The highest BCUT2D eigenvalue weighted by Gasteiger charge is 2.36. The molecule has 1 fully saturated rings. The molecule has 1 saturated heterocycles. The molecule has 2 N–H and O–H groups in total. The second-order valence-electron chi connectivity index (χ2n) is 6.87. The molecule has 1 atom stereocenters. The van der Waals surface area contributed by atoms with Crippen LogP contribution in [0.1, 0.15) is 32.5 Å². The van der Waals surface area contributed by atoms with E-state index in [9.17, 15) is 28.3 Å². The summed E-state index contributed by atoms with van der Waals surface area (Å²) in [4.78, 5) is 39.1. The maximum atomic E-state index is 13.7. The first-order valence-corrected chi connectivity index (χ1v) is 8.94. The first-order valence-electron chi connectivity index (χ1n) is 8.94. The number of hydrogen-bond acceptors (Lipinski definition) is 5. The van der Waals surface area contributed by atoms with Crippen molar-refractivity contribution >= 4 is 11.8 Å². The topological polar surface area (TPSA) is 101 Å². The first kappa shape index (κ1) is 19.1. The van der Waals surface area contributed by atoms with E-state index in [1.54, 1.807) is 0 Å². The van der Waals surface area contributed by atoms with Gasteiger partial charge in [-0.25, -0.2) is 8.78 Å². The van der Waals surface area contributed by atoms with Crippen molar-refractivity contribution < 1.29 is 28.2 Å². The van der Waals surface area contributed by atoms with Gasteiger partial charge in [0.05, 0.1) is 19.3 Å². The minimum absolute atomic E-state index is 0.0324. The molecule has 8 nitrogen and oxygen atoms in total. The number of aromatic hydroxyl groups is 1. The fraction of sp³-hybridized carbons (Fsp3) is 0.316. The highest BCUT2D eigenvalue weighted by atomic mass is 19.1. The van der Waals surface area contributed by atoms with Crippen molar-refractivity contribution in [3.05, 3.63) is 63.1 Å². The predicted molar refractivity (Wildman–Crippen MR) is 95.7 cm³/mol. The first-order chi connectivity index (χ1) is 13.9. The van der Waals surface area contributed by atoms with Crippen molar-refractivity contribution in [3.63, 3.8) is 0 Å². The van der Waals surface area contributed by atoms with Gasteiger partial charge >= 0.3 is 0 Å². The van der Waals surface area contributed by atoms with Gasteiger partial charge in [0.1, 0.15) is 17.2 Å². The van der Waals surface area contributed by atoms with E-state index in [1.165, 1.54) is 21.7 Å². The summed E-state index contributed by atoms with van der Waals surface area (Å²) in [5.41, 5.74) is -1.54. The number of aromatic nitrogens is 1. The highest BCUT2D eigenvalue weighted by molar-refractivity contribution is 5.99. The average Bonchev–Trinajstić information content (AvgIpc) is 2.91. The van der Waals surface area contributed by atoms with Crippen LogP contribution in [0.5, 0.6) is 5.75 Å². The molecule has 0 spiro atoms. The molecule has 3 heterocycles. The Morgan fingerprint density at radius 1 is 1.31 bits per heavy atom. The molecule has 29 heavy (non-hydrogen) atoms. The van der Waals surface area contributed by atoms with E-state index >= 15 is 0 Å². The van der Waals surface area contributed by atoms with Crippen LogP contribution >= 0.6 is 0 Å². The van der Waals surface area contributed by atoms with E-state index in [0.717, 1.165) is 6.07 Å². The molecular formula is C19H17F2N3O5. The number of carbonyl (C=O) groups excluding carboxylic acids is 2. The maximum absolute atomic E-state index is 13.7. The van der Waals surface area contributed by atoms with Gasteiger partial charge in [-0.2, -0.15) is 0 Å². The number of carbonyl (C=O) groups is 2. The van der Waals surface area contributed by atoms with Crippen molar-refractivity contribution in [3.8, 4) is 5.75 Å². The highest BCUT2D eigenvalue weighted by Crippen LogP contribution is 2.28. The zero-order valence-corrected chi connectivity index (χ0v) is 15.2. The van der Waals surface area contributed by atoms with Crippen LogP contribution in [0.4, 0.5) is 8.78 Å². The van der Waals surface area contributed by atoms with Crippen molar-refractivity contribution in [1.82, 2.24) is 14.8 Å². The molecule has 2 aliphatic rings. The molecule has 2 bridgehead atoms. The quantitative estimate of drug-likeness (QED) is 0.787. The van der Waals surface area contributed by atoms with E-state index in [1.807, 2.05) is 0 Å². The molecule has 4 rings (SSSR count). The van der Waals surface area contributed by atoms with Crippen LogP contribution in [0.15, 0.2) is 29.2 Å². The molecule has 0 saturated carbocycles. The second-order valence-corrected chi connectivity index (χ2v) is 6.87. The summed E-state index contributed by atoms with van der Waals surface area (Å²) >= 11 is 0. The zero-order chi connectivity index (χ0) is 20.7. The summed E-state index contributed by atoms with van der Waals surface area (Å²) in [5, 5.41) is 12.7. The number of amides is 2. The number of pyridine rings is 1. The van der Waals surface area contributed by atoms with E-state index in [2.05, 4.69) is 5.32 Å². The van der Waals surface area contributed by atoms with Gasteiger partial charge in [-0.15, -0.1) is 0 Å². The molecule has 0 radical (unpaired) electrons. The average molecular weight is 405 g/mol. The fourth-order valence-electron chi connectivity index (χ4n) is 3.51. The van der Waals surface area contributed by atoms with Gasteiger partial charge < -0.3 is 24.6 Å². The molecule has 2 aromatic rings.